The second-order valence-corrected chi connectivity index (χ2v) is 7.80. The van der Waals surface area contributed by atoms with Gasteiger partial charge < -0.3 is 10.8 Å². The Morgan fingerprint density at radius 2 is 1.68 bits per heavy atom. The summed E-state index contributed by atoms with van der Waals surface area (Å²) in [6.07, 6.45) is 1.12. The summed E-state index contributed by atoms with van der Waals surface area (Å²) in [6.45, 7) is 1.88. The number of nitrogen functional groups attached to an aromatic ring is 1. The van der Waals surface area contributed by atoms with E-state index in [-0.39, 0.29) is 22.0 Å². The number of hydrogen-bond acceptors (Lipinski definition) is 6. The third kappa shape index (κ3) is 3.32. The number of rotatable bonds is 3. The zero-order chi connectivity index (χ0) is 18.2. The standard InChI is InChI=1S/C18H17N3O3S/c1-11-9-12-7-8-14(18(19)17(12)15(22)10-11)21-20-13-5-3-4-6-16(13)25(2,23)24/h3-10,22H,19H2,1-2H3. The van der Waals surface area contributed by atoms with E-state index in [4.69, 9.17) is 5.73 Å². The van der Waals surface area contributed by atoms with Gasteiger partial charge in [-0.15, -0.1) is 10.2 Å². The molecule has 0 spiro atoms. The van der Waals surface area contributed by atoms with E-state index < -0.39 is 9.84 Å². The van der Waals surface area contributed by atoms with Crippen molar-refractivity contribution in [1.82, 2.24) is 0 Å². The minimum atomic E-state index is -3.42. The van der Waals surface area contributed by atoms with Crippen LogP contribution < -0.4 is 5.73 Å². The summed E-state index contributed by atoms with van der Waals surface area (Å²) in [5.41, 5.74) is 7.92. The Kier molecular flexibility index (Phi) is 4.18. The maximum Gasteiger partial charge on any atom is 0.177 e. The lowest BCUT2D eigenvalue weighted by Gasteiger charge is -2.08. The zero-order valence-corrected chi connectivity index (χ0v) is 14.6. The second-order valence-electron chi connectivity index (χ2n) is 5.82. The van der Waals surface area contributed by atoms with E-state index in [2.05, 4.69) is 10.2 Å². The largest absolute Gasteiger partial charge is 0.507 e. The molecular weight excluding hydrogens is 338 g/mol. The second kappa shape index (κ2) is 6.18. The van der Waals surface area contributed by atoms with E-state index in [0.29, 0.717) is 11.1 Å². The highest BCUT2D eigenvalue weighted by Crippen LogP contribution is 2.38. The number of anilines is 1. The number of azo groups is 1. The van der Waals surface area contributed by atoms with Crippen LogP contribution in [-0.4, -0.2) is 19.8 Å². The third-order valence-electron chi connectivity index (χ3n) is 3.79. The summed E-state index contributed by atoms with van der Waals surface area (Å²) in [4.78, 5) is 0.0941. The molecule has 7 heteroatoms. The van der Waals surface area contributed by atoms with Crippen molar-refractivity contribution in [3.8, 4) is 5.75 Å². The van der Waals surface area contributed by atoms with Crippen LogP contribution in [-0.2, 0) is 9.84 Å². The first kappa shape index (κ1) is 16.9. The monoisotopic (exact) mass is 355 g/mol. The van der Waals surface area contributed by atoms with Gasteiger partial charge in [-0.25, -0.2) is 8.42 Å². The normalized spacial score (nSPS) is 12.1. The summed E-state index contributed by atoms with van der Waals surface area (Å²) < 4.78 is 23.6. The van der Waals surface area contributed by atoms with Crippen LogP contribution in [0.2, 0.25) is 0 Å². The number of benzene rings is 3. The maximum absolute atomic E-state index is 11.8. The minimum absolute atomic E-state index is 0.0705. The summed E-state index contributed by atoms with van der Waals surface area (Å²) in [5.74, 6) is 0.0705. The molecule has 0 aliphatic heterocycles. The Balaban J connectivity index is 2.11. The summed E-state index contributed by atoms with van der Waals surface area (Å²) in [5, 5.41) is 19.6. The number of hydrogen-bond donors (Lipinski definition) is 2. The zero-order valence-electron chi connectivity index (χ0n) is 13.8. The van der Waals surface area contributed by atoms with Gasteiger partial charge in [0.25, 0.3) is 0 Å². The maximum atomic E-state index is 11.8. The molecule has 128 valence electrons. The predicted molar refractivity (Wildman–Crippen MR) is 98.5 cm³/mol. The van der Waals surface area contributed by atoms with Gasteiger partial charge in [0.2, 0.25) is 0 Å². The van der Waals surface area contributed by atoms with Crippen molar-refractivity contribution in [2.45, 2.75) is 11.8 Å². The van der Waals surface area contributed by atoms with E-state index in [0.717, 1.165) is 17.2 Å². The molecule has 0 saturated carbocycles. The minimum Gasteiger partial charge on any atom is -0.507 e. The predicted octanol–water partition coefficient (Wildman–Crippen LogP) is 4.25. The van der Waals surface area contributed by atoms with E-state index in [9.17, 15) is 13.5 Å². The fraction of sp³-hybridized carbons (Fsp3) is 0.111. The topological polar surface area (TPSA) is 105 Å². The number of phenolic OH excluding ortho intramolecular Hbond substituents is 1. The number of aromatic hydroxyl groups is 1. The first-order valence-corrected chi connectivity index (χ1v) is 9.39. The molecule has 0 amide bonds. The molecule has 0 saturated heterocycles. The SMILES string of the molecule is Cc1cc(O)c2c(N)c(N=Nc3ccccc3S(C)(=O)=O)ccc2c1. The highest BCUT2D eigenvalue weighted by Gasteiger charge is 2.13. The lowest BCUT2D eigenvalue weighted by molar-refractivity contribution is 0.481. The van der Waals surface area contributed by atoms with Crippen molar-refractivity contribution in [2.75, 3.05) is 12.0 Å². The van der Waals surface area contributed by atoms with Gasteiger partial charge in [0.15, 0.2) is 9.84 Å². The molecule has 6 nitrogen and oxygen atoms in total. The average molecular weight is 355 g/mol. The molecule has 0 atom stereocenters. The summed E-state index contributed by atoms with van der Waals surface area (Å²) in [6, 6.07) is 13.4. The van der Waals surface area contributed by atoms with Crippen LogP contribution in [0, 0.1) is 6.92 Å². The molecule has 0 aromatic heterocycles. The van der Waals surface area contributed by atoms with Crippen LogP contribution in [0.5, 0.6) is 5.75 Å². The number of sulfone groups is 1. The Morgan fingerprint density at radius 3 is 2.40 bits per heavy atom. The number of fused-ring (bicyclic) bond motifs is 1. The molecule has 0 aliphatic rings. The first-order valence-electron chi connectivity index (χ1n) is 7.50. The highest BCUT2D eigenvalue weighted by molar-refractivity contribution is 7.90. The smallest absolute Gasteiger partial charge is 0.177 e. The van der Waals surface area contributed by atoms with Crippen molar-refractivity contribution in [3.05, 3.63) is 54.1 Å². The molecule has 0 aliphatic carbocycles. The van der Waals surface area contributed by atoms with Crippen LogP contribution in [0.15, 0.2) is 63.7 Å². The fourth-order valence-corrected chi connectivity index (χ4v) is 3.47. The molecule has 3 aromatic carbocycles. The van der Waals surface area contributed by atoms with Crippen molar-refractivity contribution in [3.63, 3.8) is 0 Å². The van der Waals surface area contributed by atoms with Crippen LogP contribution in [0.3, 0.4) is 0 Å². The molecule has 0 radical (unpaired) electrons. The Hall–Kier alpha value is -2.93. The number of aryl methyl sites for hydroxylation is 1. The molecule has 3 rings (SSSR count). The number of nitrogens with zero attached hydrogens (tertiary/aromatic N) is 2. The van der Waals surface area contributed by atoms with E-state index in [1.54, 1.807) is 36.4 Å². The summed E-state index contributed by atoms with van der Waals surface area (Å²) >= 11 is 0. The molecule has 3 aromatic rings. The molecule has 0 fully saturated rings. The van der Waals surface area contributed by atoms with Crippen LogP contribution in [0.4, 0.5) is 17.1 Å². The molecule has 3 N–H and O–H groups in total. The van der Waals surface area contributed by atoms with Crippen molar-refractivity contribution < 1.29 is 13.5 Å². The van der Waals surface area contributed by atoms with Gasteiger partial charge in [-0.1, -0.05) is 24.3 Å². The molecule has 0 heterocycles. The Labute approximate surface area is 145 Å². The van der Waals surface area contributed by atoms with E-state index >= 15 is 0 Å². The van der Waals surface area contributed by atoms with Gasteiger partial charge >= 0.3 is 0 Å². The Morgan fingerprint density at radius 1 is 1.00 bits per heavy atom. The van der Waals surface area contributed by atoms with E-state index in [1.807, 2.05) is 13.0 Å². The van der Waals surface area contributed by atoms with Gasteiger partial charge in [-0.05, 0) is 42.1 Å². The molecule has 0 unspecified atom stereocenters. The van der Waals surface area contributed by atoms with Gasteiger partial charge in [0, 0.05) is 11.6 Å². The fourth-order valence-electron chi connectivity index (χ4n) is 2.65. The molecular formula is C18H17N3O3S. The quantitative estimate of drug-likeness (QED) is 0.541. The van der Waals surface area contributed by atoms with Gasteiger partial charge in [0.05, 0.1) is 10.6 Å². The van der Waals surface area contributed by atoms with Crippen molar-refractivity contribution in [2.24, 2.45) is 10.2 Å². The van der Waals surface area contributed by atoms with Crippen LogP contribution >= 0.6 is 0 Å². The van der Waals surface area contributed by atoms with Gasteiger partial charge in [-0.2, -0.15) is 0 Å². The van der Waals surface area contributed by atoms with Gasteiger partial charge in [0.1, 0.15) is 17.1 Å². The lowest BCUT2D eigenvalue weighted by atomic mass is 10.0. The number of phenols is 1. The summed E-state index contributed by atoms with van der Waals surface area (Å²) in [7, 11) is -3.42. The average Bonchev–Trinajstić information content (AvgIpc) is 2.53. The van der Waals surface area contributed by atoms with Crippen molar-refractivity contribution in [1.29, 1.82) is 0 Å². The number of nitrogens with two attached hydrogens (primary N) is 1. The van der Waals surface area contributed by atoms with Crippen LogP contribution in [0.25, 0.3) is 10.8 Å². The van der Waals surface area contributed by atoms with Crippen LogP contribution in [0.1, 0.15) is 5.56 Å². The van der Waals surface area contributed by atoms with Gasteiger partial charge in [-0.3, -0.25) is 0 Å². The lowest BCUT2D eigenvalue weighted by Crippen LogP contribution is -1.96. The highest BCUT2D eigenvalue weighted by atomic mass is 32.2. The first-order chi connectivity index (χ1) is 11.8. The third-order valence-corrected chi connectivity index (χ3v) is 4.93. The molecule has 0 bridgehead atoms. The van der Waals surface area contributed by atoms with Crippen molar-refractivity contribution >= 4 is 37.7 Å². The molecule has 25 heavy (non-hydrogen) atoms. The Bertz CT molecular complexity index is 1110. The van der Waals surface area contributed by atoms with E-state index in [1.165, 1.54) is 6.07 Å².